The van der Waals surface area contributed by atoms with Gasteiger partial charge in [0.1, 0.15) is 0 Å². The summed E-state index contributed by atoms with van der Waals surface area (Å²) in [5, 5.41) is 13.7. The van der Waals surface area contributed by atoms with E-state index in [-0.39, 0.29) is 12.1 Å². The van der Waals surface area contributed by atoms with Gasteiger partial charge in [-0.3, -0.25) is 0 Å². The van der Waals surface area contributed by atoms with E-state index in [0.717, 1.165) is 18.4 Å². The van der Waals surface area contributed by atoms with Gasteiger partial charge in [0.05, 0.1) is 12.1 Å². The van der Waals surface area contributed by atoms with Crippen molar-refractivity contribution in [3.05, 3.63) is 0 Å². The number of hydrogen-bond acceptors (Lipinski definition) is 3. The molecule has 3 unspecified atom stereocenters. The summed E-state index contributed by atoms with van der Waals surface area (Å²) in [6.07, 6.45) is 3.86. The third-order valence-electron chi connectivity index (χ3n) is 5.14. The van der Waals surface area contributed by atoms with Crippen molar-refractivity contribution in [3.63, 3.8) is 0 Å². The first-order chi connectivity index (χ1) is 8.97. The van der Waals surface area contributed by atoms with E-state index in [1.807, 2.05) is 0 Å². The Hall–Kier alpha value is -0.120. The quantitative estimate of drug-likeness (QED) is 0.774. The molecule has 0 spiro atoms. The molecule has 0 aromatic carbocycles. The number of rotatable bonds is 6. The zero-order valence-corrected chi connectivity index (χ0v) is 13.2. The maximum Gasteiger partial charge on any atom is 0.0628 e. The van der Waals surface area contributed by atoms with Crippen molar-refractivity contribution in [3.8, 4) is 0 Å². The Morgan fingerprint density at radius 2 is 1.89 bits per heavy atom. The van der Waals surface area contributed by atoms with E-state index in [9.17, 15) is 5.11 Å². The normalized spacial score (nSPS) is 32.5. The van der Waals surface area contributed by atoms with Gasteiger partial charge in [0.25, 0.3) is 0 Å². The molecule has 0 bridgehead atoms. The van der Waals surface area contributed by atoms with Gasteiger partial charge >= 0.3 is 0 Å². The van der Waals surface area contributed by atoms with E-state index < -0.39 is 0 Å². The minimum atomic E-state index is -0.0610. The molecule has 1 heterocycles. The van der Waals surface area contributed by atoms with Gasteiger partial charge < -0.3 is 15.3 Å². The van der Waals surface area contributed by atoms with Crippen LogP contribution >= 0.6 is 0 Å². The van der Waals surface area contributed by atoms with E-state index in [0.29, 0.717) is 12.0 Å². The Balaban J connectivity index is 1.99. The minimum Gasteiger partial charge on any atom is -0.394 e. The Morgan fingerprint density at radius 1 is 1.21 bits per heavy atom. The highest BCUT2D eigenvalue weighted by Crippen LogP contribution is 2.41. The van der Waals surface area contributed by atoms with Crippen molar-refractivity contribution in [1.29, 1.82) is 0 Å². The molecular formula is C16H32N2O. The molecule has 0 amide bonds. The zero-order valence-electron chi connectivity index (χ0n) is 13.2. The molecule has 0 radical (unpaired) electrons. The molecule has 2 aliphatic rings. The van der Waals surface area contributed by atoms with E-state index in [1.165, 1.54) is 32.4 Å². The molecule has 112 valence electrons. The maximum atomic E-state index is 10.00. The number of aliphatic hydroxyl groups is 1. The summed E-state index contributed by atoms with van der Waals surface area (Å²) >= 11 is 0. The lowest BCUT2D eigenvalue weighted by Gasteiger charge is -2.43. The van der Waals surface area contributed by atoms with Crippen molar-refractivity contribution >= 4 is 0 Å². The van der Waals surface area contributed by atoms with E-state index in [1.54, 1.807) is 0 Å². The molecule has 0 aromatic rings. The summed E-state index contributed by atoms with van der Waals surface area (Å²) in [5.74, 6) is 2.30. The van der Waals surface area contributed by atoms with Gasteiger partial charge in [0.15, 0.2) is 0 Å². The number of nitrogens with one attached hydrogen (secondary N) is 1. The van der Waals surface area contributed by atoms with Gasteiger partial charge in [-0.05, 0) is 43.6 Å². The highest BCUT2D eigenvalue weighted by atomic mass is 16.3. The molecule has 3 atom stereocenters. The molecule has 1 aliphatic carbocycles. The van der Waals surface area contributed by atoms with Crippen LogP contribution in [0.25, 0.3) is 0 Å². The highest BCUT2D eigenvalue weighted by molar-refractivity contribution is 5.04. The molecule has 19 heavy (non-hydrogen) atoms. The monoisotopic (exact) mass is 268 g/mol. The third kappa shape index (κ3) is 3.71. The van der Waals surface area contributed by atoms with Crippen LogP contribution in [0.2, 0.25) is 0 Å². The Kier molecular flexibility index (Phi) is 4.91. The first-order valence-electron chi connectivity index (χ1n) is 8.08. The number of nitrogens with zero attached hydrogens (tertiary/aromatic N) is 1. The average molecular weight is 268 g/mol. The number of aliphatic hydroxyl groups excluding tert-OH is 1. The Labute approximate surface area is 118 Å². The standard InChI is InChI=1S/C16H32N2O/c1-12(2)17-16(11-19,15-5-6-15)10-18-8-7-13(3)14(4)9-18/h12-15,17,19H,5-11H2,1-4H3. The Morgan fingerprint density at radius 3 is 2.37 bits per heavy atom. The van der Waals surface area contributed by atoms with Crippen LogP contribution in [0.1, 0.15) is 47.0 Å². The maximum absolute atomic E-state index is 10.00. The summed E-state index contributed by atoms with van der Waals surface area (Å²) in [4.78, 5) is 2.58. The highest BCUT2D eigenvalue weighted by Gasteiger charge is 2.46. The van der Waals surface area contributed by atoms with Crippen molar-refractivity contribution in [1.82, 2.24) is 10.2 Å². The van der Waals surface area contributed by atoms with Gasteiger partial charge in [0, 0.05) is 19.1 Å². The van der Waals surface area contributed by atoms with Gasteiger partial charge in [-0.25, -0.2) is 0 Å². The predicted molar refractivity (Wildman–Crippen MR) is 80.2 cm³/mol. The van der Waals surface area contributed by atoms with Crippen LogP contribution < -0.4 is 5.32 Å². The molecule has 2 N–H and O–H groups in total. The van der Waals surface area contributed by atoms with Crippen LogP contribution in [0, 0.1) is 17.8 Å². The van der Waals surface area contributed by atoms with Crippen LogP contribution in [0.5, 0.6) is 0 Å². The lowest BCUT2D eigenvalue weighted by Crippen LogP contribution is -2.61. The van der Waals surface area contributed by atoms with E-state index >= 15 is 0 Å². The van der Waals surface area contributed by atoms with Crippen molar-refractivity contribution < 1.29 is 5.11 Å². The fourth-order valence-electron chi connectivity index (χ4n) is 3.62. The predicted octanol–water partition coefficient (Wildman–Crippen LogP) is 2.10. The molecule has 2 fully saturated rings. The molecule has 3 heteroatoms. The summed E-state index contributed by atoms with van der Waals surface area (Å²) < 4.78 is 0. The minimum absolute atomic E-state index is 0.0610. The van der Waals surface area contributed by atoms with Crippen LogP contribution in [-0.2, 0) is 0 Å². The number of hydrogen-bond donors (Lipinski definition) is 2. The molecule has 0 aromatic heterocycles. The smallest absolute Gasteiger partial charge is 0.0628 e. The molecule has 1 saturated heterocycles. The second-order valence-electron chi connectivity index (χ2n) is 7.37. The third-order valence-corrected chi connectivity index (χ3v) is 5.14. The second kappa shape index (κ2) is 6.11. The average Bonchev–Trinajstić information content (AvgIpc) is 3.17. The topological polar surface area (TPSA) is 35.5 Å². The molecule has 3 nitrogen and oxygen atoms in total. The van der Waals surface area contributed by atoms with Gasteiger partial charge in [-0.1, -0.05) is 27.7 Å². The summed E-state index contributed by atoms with van der Waals surface area (Å²) in [7, 11) is 0. The van der Waals surface area contributed by atoms with Gasteiger partial charge in [-0.15, -0.1) is 0 Å². The first kappa shape index (κ1) is 15.3. The first-order valence-corrected chi connectivity index (χ1v) is 8.08. The summed E-state index contributed by atoms with van der Waals surface area (Å²) in [5.41, 5.74) is -0.0610. The zero-order chi connectivity index (χ0) is 14.0. The van der Waals surface area contributed by atoms with Crippen LogP contribution in [0.15, 0.2) is 0 Å². The number of likely N-dealkylation sites (tertiary alicyclic amines) is 1. The van der Waals surface area contributed by atoms with E-state index in [4.69, 9.17) is 0 Å². The van der Waals surface area contributed by atoms with E-state index in [2.05, 4.69) is 37.9 Å². The lowest BCUT2D eigenvalue weighted by molar-refractivity contribution is 0.0530. The van der Waals surface area contributed by atoms with Crippen LogP contribution in [0.3, 0.4) is 0 Å². The van der Waals surface area contributed by atoms with Crippen LogP contribution in [0.4, 0.5) is 0 Å². The van der Waals surface area contributed by atoms with Crippen molar-refractivity contribution in [2.45, 2.75) is 58.5 Å². The lowest BCUT2D eigenvalue weighted by atomic mass is 9.86. The Bertz CT molecular complexity index is 290. The van der Waals surface area contributed by atoms with Crippen LogP contribution in [-0.4, -0.2) is 47.8 Å². The second-order valence-corrected chi connectivity index (χ2v) is 7.37. The molecule has 1 saturated carbocycles. The van der Waals surface area contributed by atoms with Gasteiger partial charge in [-0.2, -0.15) is 0 Å². The molecule has 2 rings (SSSR count). The molecule has 1 aliphatic heterocycles. The molecular weight excluding hydrogens is 236 g/mol. The van der Waals surface area contributed by atoms with Crippen molar-refractivity contribution in [2.24, 2.45) is 17.8 Å². The summed E-state index contributed by atoms with van der Waals surface area (Å²) in [6.45, 7) is 12.8. The van der Waals surface area contributed by atoms with Crippen molar-refractivity contribution in [2.75, 3.05) is 26.2 Å². The number of piperidine rings is 1. The summed E-state index contributed by atoms with van der Waals surface area (Å²) in [6, 6.07) is 0.439. The fraction of sp³-hybridized carbons (Fsp3) is 1.00. The SMILES string of the molecule is CC(C)NC(CO)(CN1CCC(C)C(C)C1)C1CC1. The van der Waals surface area contributed by atoms with Gasteiger partial charge in [0.2, 0.25) is 0 Å². The fourth-order valence-corrected chi connectivity index (χ4v) is 3.62. The largest absolute Gasteiger partial charge is 0.394 e.